The molecule has 120 valence electrons. The van der Waals surface area contributed by atoms with E-state index >= 15 is 0 Å². The minimum Gasteiger partial charge on any atom is -0.322 e. The van der Waals surface area contributed by atoms with Crippen molar-refractivity contribution in [2.75, 3.05) is 10.6 Å². The third kappa shape index (κ3) is 3.87. The van der Waals surface area contributed by atoms with E-state index in [9.17, 15) is 9.59 Å². The van der Waals surface area contributed by atoms with Crippen molar-refractivity contribution < 1.29 is 9.59 Å². The molecule has 0 fully saturated rings. The molecule has 0 radical (unpaired) electrons. The average molecular weight is 402 g/mol. The van der Waals surface area contributed by atoms with E-state index in [2.05, 4.69) is 31.5 Å². The lowest BCUT2D eigenvalue weighted by atomic mass is 10.2. The summed E-state index contributed by atoms with van der Waals surface area (Å²) in [6, 6.07) is 14.2. The molecule has 0 unspecified atom stereocenters. The summed E-state index contributed by atoms with van der Waals surface area (Å²) >= 11 is 4.62. The van der Waals surface area contributed by atoms with Crippen molar-refractivity contribution in [3.63, 3.8) is 0 Å². The second-order valence-electron chi connectivity index (χ2n) is 4.83. The number of benzene rings is 2. The largest absolute Gasteiger partial charge is 0.322 e. The number of carbonyl (C=O) groups is 2. The number of aromatic nitrogens is 1. The standard InChI is InChI=1S/C17H12BrN3O2S/c18-14-7-2-1-6-13(14)16(22)20-11-4-3-5-12(8-11)21-17(23)15-9-19-10-24-15/h1-10H,(H,20,22)(H,21,23). The first-order valence-corrected chi connectivity index (χ1v) is 8.66. The first-order chi connectivity index (χ1) is 11.6. The molecular formula is C17H12BrN3O2S. The van der Waals surface area contributed by atoms with Crippen LogP contribution in [0.2, 0.25) is 0 Å². The van der Waals surface area contributed by atoms with Gasteiger partial charge in [0.2, 0.25) is 0 Å². The molecular weight excluding hydrogens is 390 g/mol. The SMILES string of the molecule is O=C(Nc1cccc(NC(=O)c2ccccc2Br)c1)c1cncs1. The van der Waals surface area contributed by atoms with E-state index in [0.717, 1.165) is 4.47 Å². The first kappa shape index (κ1) is 16.4. The highest BCUT2D eigenvalue weighted by atomic mass is 79.9. The fourth-order valence-corrected chi connectivity index (χ4v) is 3.02. The number of nitrogens with one attached hydrogen (secondary N) is 2. The van der Waals surface area contributed by atoms with Gasteiger partial charge in [0, 0.05) is 15.8 Å². The maximum absolute atomic E-state index is 12.3. The molecule has 2 amide bonds. The van der Waals surface area contributed by atoms with Gasteiger partial charge in [-0.25, -0.2) is 0 Å². The van der Waals surface area contributed by atoms with Crippen molar-refractivity contribution in [1.29, 1.82) is 0 Å². The fourth-order valence-electron chi connectivity index (χ4n) is 2.04. The molecule has 3 aromatic rings. The lowest BCUT2D eigenvalue weighted by Crippen LogP contribution is -2.13. The molecule has 0 bridgehead atoms. The zero-order valence-corrected chi connectivity index (χ0v) is 14.7. The van der Waals surface area contributed by atoms with Gasteiger partial charge >= 0.3 is 0 Å². The summed E-state index contributed by atoms with van der Waals surface area (Å²) in [5.74, 6) is -0.458. The molecule has 0 saturated carbocycles. The topological polar surface area (TPSA) is 71.1 Å². The highest BCUT2D eigenvalue weighted by Crippen LogP contribution is 2.20. The van der Waals surface area contributed by atoms with Gasteiger partial charge in [0.25, 0.3) is 11.8 Å². The van der Waals surface area contributed by atoms with Crippen molar-refractivity contribution in [2.24, 2.45) is 0 Å². The maximum Gasteiger partial charge on any atom is 0.267 e. The lowest BCUT2D eigenvalue weighted by molar-refractivity contribution is 0.102. The molecule has 0 aliphatic heterocycles. The number of halogens is 1. The molecule has 0 aliphatic rings. The van der Waals surface area contributed by atoms with Crippen molar-refractivity contribution in [3.05, 3.63) is 75.2 Å². The molecule has 3 rings (SSSR count). The summed E-state index contributed by atoms with van der Waals surface area (Å²) in [7, 11) is 0. The van der Waals surface area contributed by atoms with Crippen LogP contribution in [0.4, 0.5) is 11.4 Å². The van der Waals surface area contributed by atoms with Crippen molar-refractivity contribution in [1.82, 2.24) is 4.98 Å². The number of thiazole rings is 1. The summed E-state index contributed by atoms with van der Waals surface area (Å²) in [5, 5.41) is 5.60. The van der Waals surface area contributed by atoms with E-state index < -0.39 is 0 Å². The van der Waals surface area contributed by atoms with Crippen LogP contribution in [0.1, 0.15) is 20.0 Å². The van der Waals surface area contributed by atoms with Crippen LogP contribution in [0.5, 0.6) is 0 Å². The molecule has 7 heteroatoms. The summed E-state index contributed by atoms with van der Waals surface area (Å²) in [5.41, 5.74) is 3.33. The Hall–Kier alpha value is -2.51. The first-order valence-electron chi connectivity index (χ1n) is 6.99. The number of carbonyl (C=O) groups excluding carboxylic acids is 2. The van der Waals surface area contributed by atoms with Gasteiger partial charge in [0.05, 0.1) is 17.3 Å². The van der Waals surface area contributed by atoms with E-state index in [1.807, 2.05) is 6.07 Å². The minimum absolute atomic E-state index is 0.228. The number of hydrogen-bond donors (Lipinski definition) is 2. The highest BCUT2D eigenvalue weighted by Gasteiger charge is 2.11. The smallest absolute Gasteiger partial charge is 0.267 e. The van der Waals surface area contributed by atoms with Gasteiger partial charge in [0.1, 0.15) is 4.88 Å². The van der Waals surface area contributed by atoms with Gasteiger partial charge in [-0.2, -0.15) is 0 Å². The van der Waals surface area contributed by atoms with Gasteiger partial charge in [-0.15, -0.1) is 11.3 Å². The highest BCUT2D eigenvalue weighted by molar-refractivity contribution is 9.10. The third-order valence-corrected chi connectivity index (χ3v) is 4.62. The van der Waals surface area contributed by atoms with Crippen LogP contribution in [0.25, 0.3) is 0 Å². The van der Waals surface area contributed by atoms with E-state index in [-0.39, 0.29) is 11.8 Å². The molecule has 2 aromatic carbocycles. The summed E-state index contributed by atoms with van der Waals surface area (Å²) in [6.45, 7) is 0. The second kappa shape index (κ2) is 7.37. The van der Waals surface area contributed by atoms with Crippen LogP contribution in [-0.4, -0.2) is 16.8 Å². The van der Waals surface area contributed by atoms with Crippen molar-refractivity contribution in [2.45, 2.75) is 0 Å². The molecule has 1 aromatic heterocycles. The summed E-state index contributed by atoms with van der Waals surface area (Å²) < 4.78 is 0.720. The van der Waals surface area contributed by atoms with Gasteiger partial charge in [-0.3, -0.25) is 14.6 Å². The Morgan fingerprint density at radius 2 is 1.67 bits per heavy atom. The van der Waals surface area contributed by atoms with E-state index in [4.69, 9.17) is 0 Å². The maximum atomic E-state index is 12.3. The van der Waals surface area contributed by atoms with Crippen molar-refractivity contribution in [3.8, 4) is 0 Å². The molecule has 5 nitrogen and oxygen atoms in total. The average Bonchev–Trinajstić information content (AvgIpc) is 3.10. The quantitative estimate of drug-likeness (QED) is 0.679. The number of nitrogens with zero attached hydrogens (tertiary/aromatic N) is 1. The van der Waals surface area contributed by atoms with Gasteiger partial charge in [-0.05, 0) is 46.3 Å². The summed E-state index contributed by atoms with van der Waals surface area (Å²) in [6.07, 6.45) is 1.51. The van der Waals surface area contributed by atoms with Crippen LogP contribution in [-0.2, 0) is 0 Å². The Bertz CT molecular complexity index is 881. The predicted octanol–water partition coefficient (Wildman–Crippen LogP) is 4.41. The van der Waals surface area contributed by atoms with Crippen LogP contribution < -0.4 is 10.6 Å². The molecule has 0 atom stereocenters. The Balaban J connectivity index is 1.72. The van der Waals surface area contributed by atoms with Crippen LogP contribution >= 0.6 is 27.3 Å². The zero-order valence-electron chi connectivity index (χ0n) is 12.3. The Kier molecular flexibility index (Phi) is 5.02. The van der Waals surface area contributed by atoms with Crippen LogP contribution in [0.3, 0.4) is 0 Å². The summed E-state index contributed by atoms with van der Waals surface area (Å²) in [4.78, 5) is 28.8. The van der Waals surface area contributed by atoms with Crippen LogP contribution in [0.15, 0.2) is 64.7 Å². The molecule has 0 aliphatic carbocycles. The Morgan fingerprint density at radius 1 is 0.958 bits per heavy atom. The number of anilines is 2. The molecule has 1 heterocycles. The fraction of sp³-hybridized carbons (Fsp3) is 0. The molecule has 24 heavy (non-hydrogen) atoms. The second-order valence-corrected chi connectivity index (χ2v) is 6.58. The van der Waals surface area contributed by atoms with Gasteiger partial charge < -0.3 is 10.6 Å². The zero-order chi connectivity index (χ0) is 16.9. The number of amides is 2. The number of rotatable bonds is 4. The molecule has 0 spiro atoms. The normalized spacial score (nSPS) is 10.2. The third-order valence-electron chi connectivity index (χ3n) is 3.15. The van der Waals surface area contributed by atoms with Crippen LogP contribution in [0, 0.1) is 0 Å². The Labute approximate surface area is 150 Å². The molecule has 2 N–H and O–H groups in total. The predicted molar refractivity (Wildman–Crippen MR) is 98.6 cm³/mol. The Morgan fingerprint density at radius 3 is 2.33 bits per heavy atom. The minimum atomic E-state index is -0.230. The van der Waals surface area contributed by atoms with Crippen molar-refractivity contribution >= 4 is 50.5 Å². The van der Waals surface area contributed by atoms with Gasteiger partial charge in [0.15, 0.2) is 0 Å². The van der Waals surface area contributed by atoms with E-state index in [1.165, 1.54) is 17.5 Å². The monoisotopic (exact) mass is 401 g/mol. The van der Waals surface area contributed by atoms with E-state index in [0.29, 0.717) is 21.8 Å². The van der Waals surface area contributed by atoms with Gasteiger partial charge in [-0.1, -0.05) is 18.2 Å². The number of hydrogen-bond acceptors (Lipinski definition) is 4. The molecule has 0 saturated heterocycles. The van der Waals surface area contributed by atoms with E-state index in [1.54, 1.807) is 48.0 Å². The lowest BCUT2D eigenvalue weighted by Gasteiger charge is -2.09.